The van der Waals surface area contributed by atoms with Gasteiger partial charge in [-0.2, -0.15) is 0 Å². The molecule has 14 heavy (non-hydrogen) atoms. The van der Waals surface area contributed by atoms with E-state index in [9.17, 15) is 19.2 Å². The summed E-state index contributed by atoms with van der Waals surface area (Å²) in [7, 11) is 0. The van der Waals surface area contributed by atoms with Gasteiger partial charge in [-0.1, -0.05) is 0 Å². The lowest BCUT2D eigenvalue weighted by atomic mass is 10.2. The summed E-state index contributed by atoms with van der Waals surface area (Å²) in [6, 6.07) is 0. The largest absolute Gasteiger partial charge is 0.272 e. The van der Waals surface area contributed by atoms with Crippen LogP contribution in [0.15, 0.2) is 9.98 Å². The lowest BCUT2D eigenvalue weighted by molar-refractivity contribution is -0.119. The molecule has 0 heterocycles. The molecule has 0 radical (unpaired) electrons. The summed E-state index contributed by atoms with van der Waals surface area (Å²) in [5.74, 6) is -1.13. The van der Waals surface area contributed by atoms with Crippen molar-refractivity contribution in [1.29, 1.82) is 0 Å². The molecule has 6 nitrogen and oxygen atoms in total. The fourth-order valence-corrected chi connectivity index (χ4v) is 0.766. The van der Waals surface area contributed by atoms with Crippen molar-refractivity contribution in [2.45, 2.75) is 25.7 Å². The zero-order valence-corrected chi connectivity index (χ0v) is 7.36. The van der Waals surface area contributed by atoms with Gasteiger partial charge < -0.3 is 0 Å². The average Bonchev–Trinajstić information content (AvgIpc) is 2.13. The summed E-state index contributed by atoms with van der Waals surface area (Å²) in [4.78, 5) is 46.2. The van der Waals surface area contributed by atoms with E-state index in [-0.39, 0.29) is 12.8 Å². The number of hydrogen-bond donors (Lipinski definition) is 0. The third-order valence-electron chi connectivity index (χ3n) is 1.37. The monoisotopic (exact) mass is 196 g/mol. The van der Waals surface area contributed by atoms with Crippen molar-refractivity contribution in [2.24, 2.45) is 9.98 Å². The number of carbonyl (C=O) groups excluding carboxylic acids is 4. The molecule has 0 atom stereocenters. The molecular weight excluding hydrogens is 188 g/mol. The van der Waals surface area contributed by atoms with Crippen molar-refractivity contribution in [2.75, 3.05) is 0 Å². The van der Waals surface area contributed by atoms with E-state index < -0.39 is 11.8 Å². The summed E-state index contributed by atoms with van der Waals surface area (Å²) in [6.07, 6.45) is 3.27. The van der Waals surface area contributed by atoms with Crippen LogP contribution in [0, 0.1) is 0 Å². The number of isocyanates is 2. The van der Waals surface area contributed by atoms with Gasteiger partial charge in [0.25, 0.3) is 11.8 Å². The Bertz CT molecular complexity index is 279. The van der Waals surface area contributed by atoms with Gasteiger partial charge in [-0.3, -0.25) is 9.59 Å². The Morgan fingerprint density at radius 3 is 1.50 bits per heavy atom. The van der Waals surface area contributed by atoms with Crippen molar-refractivity contribution < 1.29 is 19.2 Å². The van der Waals surface area contributed by atoms with Crippen molar-refractivity contribution in [3.63, 3.8) is 0 Å². The first-order valence-electron chi connectivity index (χ1n) is 3.92. The average molecular weight is 196 g/mol. The van der Waals surface area contributed by atoms with E-state index in [0.29, 0.717) is 12.8 Å². The van der Waals surface area contributed by atoms with E-state index in [1.807, 2.05) is 0 Å². The molecule has 0 N–H and O–H groups in total. The van der Waals surface area contributed by atoms with Crippen molar-refractivity contribution in [3.8, 4) is 0 Å². The highest BCUT2D eigenvalue weighted by Gasteiger charge is 2.01. The van der Waals surface area contributed by atoms with Crippen molar-refractivity contribution >= 4 is 24.0 Å². The van der Waals surface area contributed by atoms with E-state index in [4.69, 9.17) is 0 Å². The topological polar surface area (TPSA) is 93.0 Å². The van der Waals surface area contributed by atoms with Crippen LogP contribution >= 0.6 is 0 Å². The molecular formula is C8H8N2O4. The van der Waals surface area contributed by atoms with Gasteiger partial charge >= 0.3 is 0 Å². The second-order valence-corrected chi connectivity index (χ2v) is 2.40. The summed E-state index contributed by atoms with van der Waals surface area (Å²) in [5.41, 5.74) is 0. The van der Waals surface area contributed by atoms with Gasteiger partial charge in [-0.05, 0) is 12.8 Å². The Kier molecular flexibility index (Phi) is 6.68. The fraction of sp³-hybridized carbons (Fsp3) is 0.500. The summed E-state index contributed by atoms with van der Waals surface area (Å²) < 4.78 is 0. The van der Waals surface area contributed by atoms with Gasteiger partial charge in [0, 0.05) is 12.8 Å². The molecule has 0 aliphatic carbocycles. The molecule has 0 aliphatic rings. The first-order valence-corrected chi connectivity index (χ1v) is 3.92. The number of rotatable bonds is 5. The highest BCUT2D eigenvalue weighted by Crippen LogP contribution is 2.01. The first-order chi connectivity index (χ1) is 6.70. The van der Waals surface area contributed by atoms with Gasteiger partial charge in [0.05, 0.1) is 0 Å². The van der Waals surface area contributed by atoms with Crippen LogP contribution in [0.1, 0.15) is 25.7 Å². The minimum absolute atomic E-state index is 0.0906. The minimum atomic E-state index is -0.564. The smallest absolute Gasteiger partial charge is 0.256 e. The summed E-state index contributed by atoms with van der Waals surface area (Å²) in [5, 5.41) is 0. The molecule has 0 aromatic heterocycles. The Hall–Kier alpha value is -1.90. The van der Waals surface area contributed by atoms with E-state index >= 15 is 0 Å². The van der Waals surface area contributed by atoms with Gasteiger partial charge in [0.1, 0.15) is 0 Å². The standard InChI is InChI=1S/C8H8N2O4/c11-5-9-7(13)3-1-2-4-8(14)10-6-12/h1-4H2. The second kappa shape index (κ2) is 7.73. The molecule has 0 aromatic rings. The molecule has 0 aromatic carbocycles. The molecule has 0 bridgehead atoms. The molecule has 6 heteroatoms. The van der Waals surface area contributed by atoms with E-state index in [1.54, 1.807) is 0 Å². The lowest BCUT2D eigenvalue weighted by Crippen LogP contribution is -1.95. The normalized spacial score (nSPS) is 8.29. The van der Waals surface area contributed by atoms with E-state index in [2.05, 4.69) is 9.98 Å². The lowest BCUT2D eigenvalue weighted by Gasteiger charge is -1.92. The highest BCUT2D eigenvalue weighted by molar-refractivity contribution is 5.82. The van der Waals surface area contributed by atoms with E-state index in [1.165, 1.54) is 0 Å². The number of carbonyl (C=O) groups is 2. The maximum absolute atomic E-state index is 10.6. The van der Waals surface area contributed by atoms with Crippen LogP contribution in [-0.4, -0.2) is 24.0 Å². The van der Waals surface area contributed by atoms with Crippen LogP contribution < -0.4 is 0 Å². The van der Waals surface area contributed by atoms with Crippen LogP contribution in [0.2, 0.25) is 0 Å². The van der Waals surface area contributed by atoms with Gasteiger partial charge in [0.2, 0.25) is 12.2 Å². The molecule has 0 rings (SSSR count). The first kappa shape index (κ1) is 12.1. The quantitative estimate of drug-likeness (QED) is 0.358. The second-order valence-electron chi connectivity index (χ2n) is 2.40. The van der Waals surface area contributed by atoms with Crippen molar-refractivity contribution in [1.82, 2.24) is 0 Å². The molecule has 0 fully saturated rings. The predicted octanol–water partition coefficient (Wildman–Crippen LogP) is 0.272. The molecule has 0 saturated carbocycles. The minimum Gasteiger partial charge on any atom is -0.272 e. The zero-order valence-electron chi connectivity index (χ0n) is 7.36. The van der Waals surface area contributed by atoms with Gasteiger partial charge in [-0.25, -0.2) is 9.59 Å². The zero-order chi connectivity index (χ0) is 10.8. The third-order valence-corrected chi connectivity index (χ3v) is 1.37. The molecule has 0 unspecified atom stereocenters. The maximum atomic E-state index is 10.6. The Morgan fingerprint density at radius 1 is 0.857 bits per heavy atom. The van der Waals surface area contributed by atoms with Gasteiger partial charge in [-0.15, -0.1) is 9.98 Å². The number of nitrogens with zero attached hydrogens (tertiary/aromatic N) is 2. The predicted molar refractivity (Wildman–Crippen MR) is 44.7 cm³/mol. The highest BCUT2D eigenvalue weighted by atomic mass is 16.2. The van der Waals surface area contributed by atoms with Crippen molar-refractivity contribution in [3.05, 3.63) is 0 Å². The Morgan fingerprint density at radius 2 is 1.21 bits per heavy atom. The number of hydrogen-bond acceptors (Lipinski definition) is 4. The molecule has 0 aliphatic heterocycles. The maximum Gasteiger partial charge on any atom is 0.256 e. The number of unbranched alkanes of at least 4 members (excludes halogenated alkanes) is 1. The Balaban J connectivity index is 3.56. The van der Waals surface area contributed by atoms with Crippen LogP contribution in [0.4, 0.5) is 0 Å². The number of aliphatic imine (C=N–C) groups is 2. The molecule has 0 spiro atoms. The number of amides is 2. The molecule has 2 amide bonds. The van der Waals surface area contributed by atoms with Crippen LogP contribution in [0.3, 0.4) is 0 Å². The third kappa shape index (κ3) is 6.79. The van der Waals surface area contributed by atoms with Gasteiger partial charge in [0.15, 0.2) is 0 Å². The molecule has 0 saturated heterocycles. The SMILES string of the molecule is O=C=NC(=O)CCCCC(=O)N=C=O. The van der Waals surface area contributed by atoms with E-state index in [0.717, 1.165) is 12.2 Å². The van der Waals surface area contributed by atoms with Crippen LogP contribution in [0.5, 0.6) is 0 Å². The fourth-order valence-electron chi connectivity index (χ4n) is 0.766. The molecule has 74 valence electrons. The summed E-state index contributed by atoms with van der Waals surface area (Å²) in [6.45, 7) is 0. The van der Waals surface area contributed by atoms with Crippen LogP contribution in [0.25, 0.3) is 0 Å². The Labute approximate surface area is 79.7 Å². The van der Waals surface area contributed by atoms with Crippen LogP contribution in [-0.2, 0) is 19.2 Å². The summed E-state index contributed by atoms with van der Waals surface area (Å²) >= 11 is 0.